The van der Waals surface area contributed by atoms with Gasteiger partial charge in [0.2, 0.25) is 5.91 Å². The van der Waals surface area contributed by atoms with E-state index in [4.69, 9.17) is 4.42 Å². The fraction of sp³-hybridized carbons (Fsp3) is 0.304. The Labute approximate surface area is 165 Å². The van der Waals surface area contributed by atoms with Crippen molar-refractivity contribution in [3.8, 4) is 0 Å². The largest absolute Gasteiger partial charge is 0.423 e. The first-order chi connectivity index (χ1) is 13.2. The van der Waals surface area contributed by atoms with E-state index in [1.165, 1.54) is 11.6 Å². The predicted octanol–water partition coefficient (Wildman–Crippen LogP) is 4.10. The molecule has 1 aromatic heterocycles. The summed E-state index contributed by atoms with van der Waals surface area (Å²) in [5.74, 6) is -0.0827. The van der Waals surface area contributed by atoms with Gasteiger partial charge < -0.3 is 9.73 Å². The van der Waals surface area contributed by atoms with Crippen LogP contribution < -0.4 is 10.9 Å². The molecule has 0 aliphatic carbocycles. The third-order valence-electron chi connectivity index (χ3n) is 4.78. The Bertz CT molecular complexity index is 1080. The van der Waals surface area contributed by atoms with Crippen molar-refractivity contribution in [3.05, 3.63) is 74.6 Å². The minimum atomic E-state index is -0.378. The summed E-state index contributed by atoms with van der Waals surface area (Å²) in [6.45, 7) is 8.69. The van der Waals surface area contributed by atoms with Crippen LogP contribution >= 0.6 is 0 Å². The minimum absolute atomic E-state index is 0.0827. The number of likely N-dealkylation sites (N-methyl/N-ethyl adjacent to an activating group) is 1. The number of rotatable bonds is 5. The van der Waals surface area contributed by atoms with Crippen molar-refractivity contribution in [3.63, 3.8) is 0 Å². The van der Waals surface area contributed by atoms with Crippen LogP contribution in [-0.4, -0.2) is 24.4 Å². The van der Waals surface area contributed by atoms with Gasteiger partial charge in [-0.3, -0.25) is 9.69 Å². The number of nitrogens with one attached hydrogen (secondary N) is 1. The number of hydrogen-bond acceptors (Lipinski definition) is 4. The van der Waals surface area contributed by atoms with Gasteiger partial charge in [-0.1, -0.05) is 29.8 Å². The molecule has 0 radical (unpaired) electrons. The molecule has 0 aliphatic heterocycles. The van der Waals surface area contributed by atoms with E-state index in [1.54, 1.807) is 0 Å². The van der Waals surface area contributed by atoms with Crippen LogP contribution in [0.4, 0.5) is 5.69 Å². The molecular weight excluding hydrogens is 352 g/mol. The van der Waals surface area contributed by atoms with Crippen molar-refractivity contribution in [2.75, 3.05) is 18.9 Å². The molecule has 0 unspecified atom stereocenters. The molecule has 1 N–H and O–H groups in total. The van der Waals surface area contributed by atoms with Crippen molar-refractivity contribution in [2.24, 2.45) is 0 Å². The average Bonchev–Trinajstić information content (AvgIpc) is 2.57. The van der Waals surface area contributed by atoms with Gasteiger partial charge in [0.1, 0.15) is 5.58 Å². The number of anilines is 1. The van der Waals surface area contributed by atoms with Gasteiger partial charge in [0, 0.05) is 23.7 Å². The molecule has 0 aliphatic rings. The summed E-state index contributed by atoms with van der Waals surface area (Å²) < 4.78 is 5.31. The van der Waals surface area contributed by atoms with E-state index in [9.17, 15) is 9.59 Å². The second-order valence-electron chi connectivity index (χ2n) is 7.58. The van der Waals surface area contributed by atoms with Gasteiger partial charge in [-0.05, 0) is 63.1 Å². The van der Waals surface area contributed by atoms with Crippen LogP contribution in [0.2, 0.25) is 0 Å². The monoisotopic (exact) mass is 378 g/mol. The van der Waals surface area contributed by atoms with Gasteiger partial charge in [0.05, 0.1) is 6.54 Å². The molecule has 5 heteroatoms. The number of fused-ring (bicyclic) bond motifs is 1. The van der Waals surface area contributed by atoms with Crippen molar-refractivity contribution in [1.29, 1.82) is 0 Å². The number of nitrogens with zero attached hydrogens (tertiary/aromatic N) is 1. The Morgan fingerprint density at radius 3 is 2.36 bits per heavy atom. The lowest BCUT2D eigenvalue weighted by Crippen LogP contribution is -2.30. The lowest BCUT2D eigenvalue weighted by Gasteiger charge is -2.19. The highest BCUT2D eigenvalue weighted by molar-refractivity contribution is 5.93. The zero-order valence-electron chi connectivity index (χ0n) is 17.1. The average molecular weight is 378 g/mol. The maximum absolute atomic E-state index is 12.5. The van der Waals surface area contributed by atoms with Crippen LogP contribution in [0, 0.1) is 27.7 Å². The summed E-state index contributed by atoms with van der Waals surface area (Å²) in [7, 11) is 1.86. The zero-order valence-corrected chi connectivity index (χ0v) is 17.1. The number of carbonyl (C=O) groups excluding carboxylic acids is 1. The van der Waals surface area contributed by atoms with Crippen LogP contribution in [0.15, 0.2) is 45.6 Å². The van der Waals surface area contributed by atoms with Crippen LogP contribution in [0.5, 0.6) is 0 Å². The maximum atomic E-state index is 12.5. The van der Waals surface area contributed by atoms with Crippen LogP contribution in [0.3, 0.4) is 0 Å². The third-order valence-corrected chi connectivity index (χ3v) is 4.78. The van der Waals surface area contributed by atoms with Gasteiger partial charge in [-0.15, -0.1) is 0 Å². The number of amides is 1. The van der Waals surface area contributed by atoms with E-state index in [-0.39, 0.29) is 18.1 Å². The van der Waals surface area contributed by atoms with Gasteiger partial charge in [-0.2, -0.15) is 0 Å². The molecule has 1 heterocycles. The number of aryl methyl sites for hydroxylation is 4. The molecule has 2 aromatic carbocycles. The molecule has 3 aromatic rings. The summed E-state index contributed by atoms with van der Waals surface area (Å²) in [6.07, 6.45) is 0. The molecule has 0 saturated heterocycles. The standard InChI is InChI=1S/C23H26N2O3/c1-14-6-7-19-18(11-22(27)28-20(19)10-14)12-25(5)13-21(26)24-23-16(3)8-15(2)9-17(23)4/h6-11H,12-13H2,1-5H3,(H,24,26). The molecule has 28 heavy (non-hydrogen) atoms. The van der Waals surface area contributed by atoms with E-state index in [2.05, 4.69) is 17.4 Å². The molecular formula is C23H26N2O3. The van der Waals surface area contributed by atoms with Gasteiger partial charge in [-0.25, -0.2) is 4.79 Å². The first-order valence-electron chi connectivity index (χ1n) is 9.32. The lowest BCUT2D eigenvalue weighted by atomic mass is 10.1. The van der Waals surface area contributed by atoms with Crippen molar-refractivity contribution >= 4 is 22.6 Å². The van der Waals surface area contributed by atoms with Crippen LogP contribution in [0.25, 0.3) is 11.0 Å². The van der Waals surface area contributed by atoms with Crippen molar-refractivity contribution in [1.82, 2.24) is 4.90 Å². The van der Waals surface area contributed by atoms with Gasteiger partial charge >= 0.3 is 5.63 Å². The Morgan fingerprint density at radius 2 is 1.68 bits per heavy atom. The molecule has 3 rings (SSSR count). The quantitative estimate of drug-likeness (QED) is 0.679. The van der Waals surface area contributed by atoms with Gasteiger partial charge in [0.25, 0.3) is 0 Å². The maximum Gasteiger partial charge on any atom is 0.336 e. The van der Waals surface area contributed by atoms with Gasteiger partial charge in [0.15, 0.2) is 0 Å². The van der Waals surface area contributed by atoms with Crippen LogP contribution in [-0.2, 0) is 11.3 Å². The van der Waals surface area contributed by atoms with Crippen molar-refractivity contribution < 1.29 is 9.21 Å². The highest BCUT2D eigenvalue weighted by atomic mass is 16.4. The molecule has 0 fully saturated rings. The predicted molar refractivity (Wildman–Crippen MR) is 113 cm³/mol. The SMILES string of the molecule is Cc1cc(C)c(NC(=O)CN(C)Cc2cc(=O)oc3cc(C)ccc23)c(C)c1. The normalized spacial score (nSPS) is 11.2. The molecule has 0 saturated carbocycles. The summed E-state index contributed by atoms with van der Waals surface area (Å²) in [5.41, 5.74) is 6.23. The number of hydrogen-bond donors (Lipinski definition) is 1. The second kappa shape index (κ2) is 7.98. The summed E-state index contributed by atoms with van der Waals surface area (Å²) in [4.78, 5) is 26.3. The molecule has 146 valence electrons. The van der Waals surface area contributed by atoms with E-state index in [1.807, 2.05) is 57.8 Å². The number of carbonyl (C=O) groups is 1. The fourth-order valence-corrected chi connectivity index (χ4v) is 3.62. The molecule has 0 bridgehead atoms. The molecule has 1 amide bonds. The third kappa shape index (κ3) is 4.49. The van der Waals surface area contributed by atoms with E-state index >= 15 is 0 Å². The highest BCUT2D eigenvalue weighted by Crippen LogP contribution is 2.22. The lowest BCUT2D eigenvalue weighted by molar-refractivity contribution is -0.117. The number of benzene rings is 2. The molecule has 0 spiro atoms. The zero-order chi connectivity index (χ0) is 20.4. The Balaban J connectivity index is 1.74. The molecule has 0 atom stereocenters. The Hall–Kier alpha value is -2.92. The van der Waals surface area contributed by atoms with E-state index in [0.717, 1.165) is 33.3 Å². The molecule has 5 nitrogen and oxygen atoms in total. The van der Waals surface area contributed by atoms with E-state index in [0.29, 0.717) is 12.1 Å². The summed E-state index contributed by atoms with van der Waals surface area (Å²) >= 11 is 0. The minimum Gasteiger partial charge on any atom is -0.423 e. The Morgan fingerprint density at radius 1 is 1.00 bits per heavy atom. The topological polar surface area (TPSA) is 62.6 Å². The first-order valence-corrected chi connectivity index (χ1v) is 9.32. The highest BCUT2D eigenvalue weighted by Gasteiger charge is 2.13. The fourth-order valence-electron chi connectivity index (χ4n) is 3.62. The smallest absolute Gasteiger partial charge is 0.336 e. The van der Waals surface area contributed by atoms with E-state index < -0.39 is 0 Å². The Kier molecular flexibility index (Phi) is 5.66. The summed E-state index contributed by atoms with van der Waals surface area (Å²) in [6, 6.07) is 11.4. The first kappa shape index (κ1) is 19.8. The summed E-state index contributed by atoms with van der Waals surface area (Å²) in [5, 5.41) is 3.91. The van der Waals surface area contributed by atoms with Crippen molar-refractivity contribution in [2.45, 2.75) is 34.2 Å². The van der Waals surface area contributed by atoms with Crippen LogP contribution in [0.1, 0.15) is 27.8 Å². The second-order valence-corrected chi connectivity index (χ2v) is 7.58.